The Kier molecular flexibility index (Phi) is 6.43. The maximum absolute atomic E-state index is 14.3. The Balaban J connectivity index is 1.80. The number of halogens is 1. The van der Waals surface area contributed by atoms with Gasteiger partial charge in [0.1, 0.15) is 5.82 Å². The van der Waals surface area contributed by atoms with E-state index < -0.39 is 11.4 Å². The van der Waals surface area contributed by atoms with Crippen LogP contribution < -0.4 is 5.73 Å². The fourth-order valence-corrected chi connectivity index (χ4v) is 3.59. The Hall–Kier alpha value is -3.22. The van der Waals surface area contributed by atoms with E-state index in [2.05, 4.69) is 4.99 Å². The fourth-order valence-electron chi connectivity index (χ4n) is 3.59. The van der Waals surface area contributed by atoms with Gasteiger partial charge in [0.05, 0.1) is 18.5 Å². The zero-order chi connectivity index (χ0) is 22.8. The quantitative estimate of drug-likeness (QED) is 0.770. The average Bonchev–Trinajstić information content (AvgIpc) is 2.70. The summed E-state index contributed by atoms with van der Waals surface area (Å²) in [5.41, 5.74) is 7.22. The van der Waals surface area contributed by atoms with E-state index in [0.717, 1.165) is 5.56 Å². The SMILES string of the molecule is CC(C)[C@]1(C)CC(=O)N(Cc2cc(F)cc(C(=O)N(C)Cc3ccccc3)c2)C(N)=N1. The van der Waals surface area contributed by atoms with Crippen LogP contribution in [0.3, 0.4) is 0 Å². The van der Waals surface area contributed by atoms with Crippen molar-refractivity contribution in [3.8, 4) is 0 Å². The van der Waals surface area contributed by atoms with Crippen LogP contribution in [-0.4, -0.2) is 40.2 Å². The van der Waals surface area contributed by atoms with Crippen LogP contribution in [0, 0.1) is 11.7 Å². The van der Waals surface area contributed by atoms with Crippen molar-refractivity contribution in [2.75, 3.05) is 7.05 Å². The zero-order valence-corrected chi connectivity index (χ0v) is 18.4. The van der Waals surface area contributed by atoms with E-state index in [4.69, 9.17) is 5.73 Å². The molecule has 0 bridgehead atoms. The van der Waals surface area contributed by atoms with Crippen LogP contribution >= 0.6 is 0 Å². The molecule has 2 amide bonds. The van der Waals surface area contributed by atoms with Crippen molar-refractivity contribution in [3.05, 3.63) is 71.0 Å². The van der Waals surface area contributed by atoms with Gasteiger partial charge in [0.25, 0.3) is 5.91 Å². The molecular weight excluding hydrogens is 395 g/mol. The van der Waals surface area contributed by atoms with Gasteiger partial charge in [-0.1, -0.05) is 44.2 Å². The molecule has 164 valence electrons. The number of carbonyl (C=O) groups excluding carboxylic acids is 2. The summed E-state index contributed by atoms with van der Waals surface area (Å²) in [6, 6.07) is 13.7. The third-order valence-corrected chi connectivity index (χ3v) is 5.85. The van der Waals surface area contributed by atoms with Crippen molar-refractivity contribution in [2.24, 2.45) is 16.6 Å². The summed E-state index contributed by atoms with van der Waals surface area (Å²) in [5, 5.41) is 0. The van der Waals surface area contributed by atoms with Crippen molar-refractivity contribution in [3.63, 3.8) is 0 Å². The van der Waals surface area contributed by atoms with Crippen LogP contribution in [0.2, 0.25) is 0 Å². The monoisotopic (exact) mass is 424 g/mol. The van der Waals surface area contributed by atoms with Crippen molar-refractivity contribution in [1.82, 2.24) is 9.80 Å². The Morgan fingerprint density at radius 3 is 2.52 bits per heavy atom. The fraction of sp³-hybridized carbons (Fsp3) is 0.375. The molecule has 1 heterocycles. The Labute approximate surface area is 182 Å². The number of guanidine groups is 1. The Morgan fingerprint density at radius 2 is 1.90 bits per heavy atom. The lowest BCUT2D eigenvalue weighted by atomic mass is 9.84. The van der Waals surface area contributed by atoms with Crippen LogP contribution in [0.15, 0.2) is 53.5 Å². The molecule has 2 N–H and O–H groups in total. The summed E-state index contributed by atoms with van der Waals surface area (Å²) >= 11 is 0. The molecule has 0 aliphatic carbocycles. The number of aliphatic imine (C=N–C) groups is 1. The third-order valence-electron chi connectivity index (χ3n) is 5.85. The topological polar surface area (TPSA) is 79.0 Å². The Bertz CT molecular complexity index is 1010. The van der Waals surface area contributed by atoms with Crippen molar-refractivity contribution in [1.29, 1.82) is 0 Å². The van der Waals surface area contributed by atoms with Gasteiger partial charge in [-0.2, -0.15) is 0 Å². The standard InChI is InChI=1S/C24H29FN4O2/c1-16(2)24(3)13-21(30)29(23(26)27-24)15-18-10-19(12-20(25)11-18)22(31)28(4)14-17-8-6-5-7-9-17/h5-12,16H,13-15H2,1-4H3,(H2,26,27)/t24-/m0/s1. The van der Waals surface area contributed by atoms with Gasteiger partial charge in [0.2, 0.25) is 5.91 Å². The number of amides is 2. The van der Waals surface area contributed by atoms with Crippen molar-refractivity contribution < 1.29 is 14.0 Å². The molecule has 1 aliphatic rings. The molecule has 7 heteroatoms. The van der Waals surface area contributed by atoms with E-state index in [1.165, 1.54) is 21.9 Å². The van der Waals surface area contributed by atoms with Crippen LogP contribution in [0.4, 0.5) is 4.39 Å². The molecule has 0 spiro atoms. The molecule has 0 saturated carbocycles. The third kappa shape index (κ3) is 5.10. The second-order valence-electron chi connectivity index (χ2n) is 8.63. The van der Waals surface area contributed by atoms with Gasteiger partial charge in [0.15, 0.2) is 5.96 Å². The maximum atomic E-state index is 14.3. The van der Waals surface area contributed by atoms with E-state index in [-0.39, 0.29) is 42.2 Å². The summed E-state index contributed by atoms with van der Waals surface area (Å²) in [5.74, 6) is -0.743. The molecule has 6 nitrogen and oxygen atoms in total. The highest BCUT2D eigenvalue weighted by atomic mass is 19.1. The second-order valence-corrected chi connectivity index (χ2v) is 8.63. The highest BCUT2D eigenvalue weighted by Crippen LogP contribution is 2.30. The molecule has 2 aromatic carbocycles. The van der Waals surface area contributed by atoms with Gasteiger partial charge in [-0.3, -0.25) is 14.5 Å². The van der Waals surface area contributed by atoms with E-state index in [1.54, 1.807) is 13.1 Å². The predicted octanol–water partition coefficient (Wildman–Crippen LogP) is 3.56. The molecule has 2 aromatic rings. The van der Waals surface area contributed by atoms with Gasteiger partial charge < -0.3 is 10.6 Å². The summed E-state index contributed by atoms with van der Waals surface area (Å²) in [6.45, 7) is 6.36. The first-order valence-electron chi connectivity index (χ1n) is 10.3. The van der Waals surface area contributed by atoms with E-state index >= 15 is 0 Å². The molecule has 0 fully saturated rings. The molecule has 1 aliphatic heterocycles. The smallest absolute Gasteiger partial charge is 0.254 e. The van der Waals surface area contributed by atoms with Gasteiger partial charge in [-0.05, 0) is 42.2 Å². The molecule has 0 saturated heterocycles. The first-order valence-corrected chi connectivity index (χ1v) is 10.3. The molecule has 0 aromatic heterocycles. The molecule has 0 unspecified atom stereocenters. The van der Waals surface area contributed by atoms with E-state index in [9.17, 15) is 14.0 Å². The van der Waals surface area contributed by atoms with Crippen molar-refractivity contribution in [2.45, 2.75) is 45.8 Å². The highest BCUT2D eigenvalue weighted by Gasteiger charge is 2.38. The molecule has 0 radical (unpaired) electrons. The first-order chi connectivity index (χ1) is 14.6. The minimum atomic E-state index is -0.555. The minimum absolute atomic E-state index is 0.0583. The average molecular weight is 425 g/mol. The largest absolute Gasteiger partial charge is 0.369 e. The first kappa shape index (κ1) is 22.5. The van der Waals surface area contributed by atoms with E-state index in [1.807, 2.05) is 51.1 Å². The summed E-state index contributed by atoms with van der Waals surface area (Å²) in [4.78, 5) is 33.0. The molecular formula is C24H29FN4O2. The lowest BCUT2D eigenvalue weighted by Gasteiger charge is -2.37. The number of benzene rings is 2. The Morgan fingerprint density at radius 1 is 1.23 bits per heavy atom. The van der Waals surface area contributed by atoms with Crippen LogP contribution in [0.25, 0.3) is 0 Å². The number of rotatable bonds is 6. The van der Waals surface area contributed by atoms with Gasteiger partial charge >= 0.3 is 0 Å². The predicted molar refractivity (Wildman–Crippen MR) is 119 cm³/mol. The molecule has 1 atom stereocenters. The number of nitrogens with zero attached hydrogens (tertiary/aromatic N) is 3. The number of nitrogens with two attached hydrogens (primary N) is 1. The lowest BCUT2D eigenvalue weighted by molar-refractivity contribution is -0.130. The van der Waals surface area contributed by atoms with Crippen molar-refractivity contribution >= 4 is 17.8 Å². The van der Waals surface area contributed by atoms with Crippen LogP contribution in [0.1, 0.15) is 48.7 Å². The van der Waals surface area contributed by atoms with Gasteiger partial charge in [-0.15, -0.1) is 0 Å². The van der Waals surface area contributed by atoms with Crippen LogP contribution in [-0.2, 0) is 17.9 Å². The normalized spacial score (nSPS) is 18.8. The van der Waals surface area contributed by atoms with Crippen LogP contribution in [0.5, 0.6) is 0 Å². The summed E-state index contributed by atoms with van der Waals surface area (Å²) < 4.78 is 14.3. The minimum Gasteiger partial charge on any atom is -0.369 e. The van der Waals surface area contributed by atoms with E-state index in [0.29, 0.717) is 12.1 Å². The summed E-state index contributed by atoms with van der Waals surface area (Å²) in [7, 11) is 1.67. The van der Waals surface area contributed by atoms with Gasteiger partial charge in [0, 0.05) is 19.2 Å². The maximum Gasteiger partial charge on any atom is 0.254 e. The molecule has 3 rings (SSSR count). The number of hydrogen-bond donors (Lipinski definition) is 1. The zero-order valence-electron chi connectivity index (χ0n) is 18.4. The lowest BCUT2D eigenvalue weighted by Crippen LogP contribution is -2.51. The second kappa shape index (κ2) is 8.88. The number of hydrogen-bond acceptors (Lipinski definition) is 4. The highest BCUT2D eigenvalue weighted by molar-refractivity contribution is 5.99. The summed E-state index contributed by atoms with van der Waals surface area (Å²) in [6.07, 6.45) is 0.228. The van der Waals surface area contributed by atoms with Gasteiger partial charge in [-0.25, -0.2) is 9.38 Å². The number of carbonyl (C=O) groups is 2. The molecule has 31 heavy (non-hydrogen) atoms.